The Morgan fingerprint density at radius 1 is 1.27 bits per heavy atom. The molecule has 3 aromatic rings. The van der Waals surface area contributed by atoms with Gasteiger partial charge in [-0.2, -0.15) is 4.98 Å². The van der Waals surface area contributed by atoms with E-state index in [-0.39, 0.29) is 11.6 Å². The SMILES string of the molecule is COCC1CCN1c1ncc(Cl)c(Nc2ccc3c(c2)c(N[C@H](C)C2CC2)cc(=O)n3C)n1. The van der Waals surface area contributed by atoms with Gasteiger partial charge in [0.05, 0.1) is 24.4 Å². The number of methoxy groups -OCH3 is 1. The van der Waals surface area contributed by atoms with Gasteiger partial charge in [0.1, 0.15) is 5.02 Å². The van der Waals surface area contributed by atoms with Crippen molar-refractivity contribution in [2.24, 2.45) is 13.0 Å². The highest BCUT2D eigenvalue weighted by Gasteiger charge is 2.30. The number of nitrogens with zero attached hydrogens (tertiary/aromatic N) is 4. The van der Waals surface area contributed by atoms with E-state index in [4.69, 9.17) is 16.3 Å². The summed E-state index contributed by atoms with van der Waals surface area (Å²) >= 11 is 6.43. The summed E-state index contributed by atoms with van der Waals surface area (Å²) in [6.45, 7) is 3.72. The van der Waals surface area contributed by atoms with Crippen molar-refractivity contribution in [2.75, 3.05) is 35.8 Å². The van der Waals surface area contributed by atoms with Gasteiger partial charge in [-0.3, -0.25) is 4.79 Å². The number of aryl methyl sites for hydroxylation is 1. The molecular weight excluding hydrogens is 440 g/mol. The standard InChI is InChI=1S/C24H29ClN6O2/c1-14(15-4-5-15)27-20-11-22(32)30(2)21-7-6-16(10-18(20)21)28-23-19(25)12-26-24(29-23)31-9-8-17(31)13-33-3/h6-7,10-12,14-15,17,27H,4-5,8-9,13H2,1-3H3,(H,26,28,29)/t14-,17?/m1/s1. The fraction of sp³-hybridized carbons (Fsp3) is 0.458. The second-order valence-electron chi connectivity index (χ2n) is 9.04. The quantitative estimate of drug-likeness (QED) is 0.513. The Morgan fingerprint density at radius 2 is 2.09 bits per heavy atom. The highest BCUT2D eigenvalue weighted by Crippen LogP contribution is 2.36. The van der Waals surface area contributed by atoms with E-state index in [1.54, 1.807) is 31.0 Å². The maximum Gasteiger partial charge on any atom is 0.252 e. The topological polar surface area (TPSA) is 84.3 Å². The molecule has 3 heterocycles. The Balaban J connectivity index is 1.46. The van der Waals surface area contributed by atoms with E-state index in [2.05, 4.69) is 32.4 Å². The minimum absolute atomic E-state index is 0.0302. The molecule has 8 nitrogen and oxygen atoms in total. The lowest BCUT2D eigenvalue weighted by atomic mass is 10.1. The zero-order chi connectivity index (χ0) is 23.1. The number of halogens is 1. The number of hydrogen-bond donors (Lipinski definition) is 2. The first-order valence-corrected chi connectivity index (χ1v) is 11.8. The van der Waals surface area contributed by atoms with Crippen LogP contribution in [0.25, 0.3) is 10.9 Å². The average Bonchev–Trinajstić information content (AvgIpc) is 3.63. The second-order valence-corrected chi connectivity index (χ2v) is 9.45. The largest absolute Gasteiger partial charge is 0.383 e. The summed E-state index contributed by atoms with van der Waals surface area (Å²) in [6, 6.07) is 8.21. The van der Waals surface area contributed by atoms with Crippen LogP contribution in [0.1, 0.15) is 26.2 Å². The normalized spacial score (nSPS) is 18.8. The minimum atomic E-state index is -0.0302. The van der Waals surface area contributed by atoms with Crippen LogP contribution in [-0.4, -0.2) is 46.9 Å². The Hall–Kier alpha value is -2.84. The van der Waals surface area contributed by atoms with Gasteiger partial charge >= 0.3 is 0 Å². The Bertz CT molecular complexity index is 1240. The molecule has 2 aromatic heterocycles. The molecule has 1 aliphatic carbocycles. The Labute approximate surface area is 197 Å². The molecule has 1 saturated heterocycles. The van der Waals surface area contributed by atoms with E-state index >= 15 is 0 Å². The van der Waals surface area contributed by atoms with Crippen molar-refractivity contribution in [3.05, 3.63) is 45.8 Å². The van der Waals surface area contributed by atoms with Crippen LogP contribution in [0, 0.1) is 5.92 Å². The second kappa shape index (κ2) is 8.83. The number of benzene rings is 1. The summed E-state index contributed by atoms with van der Waals surface area (Å²) in [6.07, 6.45) is 5.16. The van der Waals surface area contributed by atoms with Crippen molar-refractivity contribution in [2.45, 2.75) is 38.3 Å². The summed E-state index contributed by atoms with van der Waals surface area (Å²) in [5.74, 6) is 1.86. The smallest absolute Gasteiger partial charge is 0.252 e. The molecule has 0 spiro atoms. The van der Waals surface area contributed by atoms with Gasteiger partial charge in [-0.15, -0.1) is 0 Å². The molecule has 2 fully saturated rings. The van der Waals surface area contributed by atoms with Crippen LogP contribution in [0.3, 0.4) is 0 Å². The summed E-state index contributed by atoms with van der Waals surface area (Å²) in [5, 5.41) is 8.33. The van der Waals surface area contributed by atoms with Crippen molar-refractivity contribution in [1.29, 1.82) is 0 Å². The molecule has 174 valence electrons. The lowest BCUT2D eigenvalue weighted by molar-refractivity contribution is 0.156. The van der Waals surface area contributed by atoms with Crippen molar-refractivity contribution < 1.29 is 4.74 Å². The molecule has 0 radical (unpaired) electrons. The molecule has 2 aliphatic rings. The van der Waals surface area contributed by atoms with Gasteiger partial charge < -0.3 is 24.8 Å². The zero-order valence-corrected chi connectivity index (χ0v) is 19.9. The molecule has 5 rings (SSSR count). The van der Waals surface area contributed by atoms with Gasteiger partial charge in [-0.1, -0.05) is 11.6 Å². The minimum Gasteiger partial charge on any atom is -0.383 e. The highest BCUT2D eigenvalue weighted by molar-refractivity contribution is 6.32. The van der Waals surface area contributed by atoms with E-state index in [1.165, 1.54) is 12.8 Å². The summed E-state index contributed by atoms with van der Waals surface area (Å²) in [5.41, 5.74) is 2.54. The molecule has 9 heteroatoms. The average molecular weight is 469 g/mol. The third-order valence-electron chi connectivity index (χ3n) is 6.71. The number of hydrogen-bond acceptors (Lipinski definition) is 7. The molecule has 0 amide bonds. The third kappa shape index (κ3) is 4.37. The predicted octanol–water partition coefficient (Wildman–Crippen LogP) is 4.16. The number of pyridine rings is 1. The van der Waals surface area contributed by atoms with E-state index in [0.717, 1.165) is 35.2 Å². The van der Waals surface area contributed by atoms with E-state index in [9.17, 15) is 4.79 Å². The molecule has 1 aromatic carbocycles. The molecule has 1 saturated carbocycles. The van der Waals surface area contributed by atoms with Crippen molar-refractivity contribution >= 4 is 45.6 Å². The van der Waals surface area contributed by atoms with Crippen LogP contribution >= 0.6 is 11.6 Å². The maximum absolute atomic E-state index is 12.5. The van der Waals surface area contributed by atoms with E-state index < -0.39 is 0 Å². The van der Waals surface area contributed by atoms with Crippen LogP contribution in [0.4, 0.5) is 23.1 Å². The monoisotopic (exact) mass is 468 g/mol. The van der Waals surface area contributed by atoms with E-state index in [0.29, 0.717) is 35.4 Å². The summed E-state index contributed by atoms with van der Waals surface area (Å²) in [4.78, 5) is 23.7. The van der Waals surface area contributed by atoms with Crippen molar-refractivity contribution in [3.8, 4) is 0 Å². The number of anilines is 4. The molecule has 2 N–H and O–H groups in total. The molecule has 0 bridgehead atoms. The van der Waals surface area contributed by atoms with Crippen molar-refractivity contribution in [1.82, 2.24) is 14.5 Å². The van der Waals surface area contributed by atoms with Crippen LogP contribution in [-0.2, 0) is 11.8 Å². The van der Waals surface area contributed by atoms with Gasteiger partial charge in [0.2, 0.25) is 5.95 Å². The number of fused-ring (bicyclic) bond motifs is 1. The lowest BCUT2D eigenvalue weighted by Gasteiger charge is -2.40. The number of nitrogens with one attached hydrogen (secondary N) is 2. The molecular formula is C24H29ClN6O2. The van der Waals surface area contributed by atoms with Gasteiger partial charge in [-0.25, -0.2) is 4.98 Å². The van der Waals surface area contributed by atoms with Crippen LogP contribution in [0.2, 0.25) is 5.02 Å². The third-order valence-corrected chi connectivity index (χ3v) is 6.99. The first-order chi connectivity index (χ1) is 15.9. The first kappa shape index (κ1) is 22.0. The number of aromatic nitrogens is 3. The Morgan fingerprint density at radius 3 is 2.79 bits per heavy atom. The zero-order valence-electron chi connectivity index (χ0n) is 19.1. The summed E-state index contributed by atoms with van der Waals surface area (Å²) in [7, 11) is 3.50. The maximum atomic E-state index is 12.5. The van der Waals surface area contributed by atoms with Crippen LogP contribution < -0.4 is 21.1 Å². The first-order valence-electron chi connectivity index (χ1n) is 11.4. The Kier molecular flexibility index (Phi) is 5.88. The fourth-order valence-corrected chi connectivity index (χ4v) is 4.55. The summed E-state index contributed by atoms with van der Waals surface area (Å²) < 4.78 is 6.96. The number of rotatable bonds is 8. The van der Waals surface area contributed by atoms with Crippen LogP contribution in [0.5, 0.6) is 0 Å². The van der Waals surface area contributed by atoms with E-state index in [1.807, 2.05) is 18.2 Å². The van der Waals surface area contributed by atoms with Gasteiger partial charge in [-0.05, 0) is 50.3 Å². The van der Waals surface area contributed by atoms with Gasteiger partial charge in [0.25, 0.3) is 5.56 Å². The molecule has 33 heavy (non-hydrogen) atoms. The number of ether oxygens (including phenoxy) is 1. The van der Waals surface area contributed by atoms with Crippen LogP contribution in [0.15, 0.2) is 35.3 Å². The highest BCUT2D eigenvalue weighted by atomic mass is 35.5. The predicted molar refractivity (Wildman–Crippen MR) is 133 cm³/mol. The fourth-order valence-electron chi connectivity index (χ4n) is 4.41. The molecule has 2 atom stereocenters. The van der Waals surface area contributed by atoms with Gasteiger partial charge in [0.15, 0.2) is 5.82 Å². The molecule has 1 unspecified atom stereocenters. The molecule has 1 aliphatic heterocycles. The van der Waals surface area contributed by atoms with Gasteiger partial charge in [0, 0.05) is 49.6 Å². The van der Waals surface area contributed by atoms with Crippen molar-refractivity contribution in [3.63, 3.8) is 0 Å². The lowest BCUT2D eigenvalue weighted by Crippen LogP contribution is -2.51.